The van der Waals surface area contributed by atoms with E-state index in [9.17, 15) is 0 Å². The van der Waals surface area contributed by atoms with Crippen molar-refractivity contribution in [3.63, 3.8) is 0 Å². The molecule has 4 aromatic rings. The van der Waals surface area contributed by atoms with Gasteiger partial charge in [0.15, 0.2) is 11.5 Å². The quantitative estimate of drug-likeness (QED) is 0.472. The van der Waals surface area contributed by atoms with Crippen LogP contribution in [0.4, 0.5) is 17.3 Å². The molecule has 5 heterocycles. The van der Waals surface area contributed by atoms with E-state index in [1.54, 1.807) is 6.20 Å². The Hall–Kier alpha value is -3.76. The van der Waals surface area contributed by atoms with E-state index in [4.69, 9.17) is 16.2 Å². The zero-order valence-electron chi connectivity index (χ0n) is 19.1. The third-order valence-electron chi connectivity index (χ3n) is 6.75. The number of imidazole rings is 1. The van der Waals surface area contributed by atoms with Crippen molar-refractivity contribution < 1.29 is 4.74 Å². The summed E-state index contributed by atoms with van der Waals surface area (Å²) < 4.78 is 7.29. The standard InChI is InChI=1S/C24H27N9O/c1-15-22(25)29-19(10-27-15)20-12-33-21(11-28-24(33)23(26)30-20)16-2-4-17(5-3-16)31-6-8-32(9-7-31)18-13-34-14-18/h2-5,10-12,18H,6-9,13-14H2,1H3,(H2,25,29)(H2,26,30). The van der Waals surface area contributed by atoms with Gasteiger partial charge in [0.05, 0.1) is 43.0 Å². The molecule has 1 aromatic carbocycles. The number of fused-ring (bicyclic) bond motifs is 1. The lowest BCUT2D eigenvalue weighted by atomic mass is 10.1. The molecule has 10 nitrogen and oxygen atoms in total. The van der Waals surface area contributed by atoms with Gasteiger partial charge in [0, 0.05) is 43.6 Å². The number of rotatable bonds is 4. The van der Waals surface area contributed by atoms with Crippen molar-refractivity contribution in [1.82, 2.24) is 29.2 Å². The molecule has 0 atom stereocenters. The Balaban J connectivity index is 1.27. The van der Waals surface area contributed by atoms with Crippen molar-refractivity contribution in [3.8, 4) is 22.6 Å². The van der Waals surface area contributed by atoms with E-state index in [1.807, 2.05) is 23.7 Å². The fraction of sp³-hybridized carbons (Fsp3) is 0.333. The van der Waals surface area contributed by atoms with Gasteiger partial charge in [0.25, 0.3) is 0 Å². The lowest BCUT2D eigenvalue weighted by Crippen LogP contribution is -2.56. The van der Waals surface area contributed by atoms with Crippen LogP contribution in [0.3, 0.4) is 0 Å². The summed E-state index contributed by atoms with van der Waals surface area (Å²) in [5.41, 5.74) is 17.8. The predicted molar refractivity (Wildman–Crippen MR) is 131 cm³/mol. The van der Waals surface area contributed by atoms with E-state index in [1.165, 1.54) is 5.69 Å². The lowest BCUT2D eigenvalue weighted by Gasteiger charge is -2.43. The molecule has 0 saturated carbocycles. The van der Waals surface area contributed by atoms with E-state index in [0.717, 1.165) is 50.7 Å². The Morgan fingerprint density at radius 2 is 1.62 bits per heavy atom. The second-order valence-corrected chi connectivity index (χ2v) is 8.84. The van der Waals surface area contributed by atoms with Gasteiger partial charge in [-0.05, 0) is 19.1 Å². The van der Waals surface area contributed by atoms with Crippen LogP contribution in [0.15, 0.2) is 42.9 Å². The molecule has 174 valence electrons. The van der Waals surface area contributed by atoms with E-state index in [-0.39, 0.29) is 0 Å². The van der Waals surface area contributed by atoms with Gasteiger partial charge in [0.2, 0.25) is 0 Å². The number of benzene rings is 1. The van der Waals surface area contributed by atoms with Crippen molar-refractivity contribution in [3.05, 3.63) is 48.5 Å². The van der Waals surface area contributed by atoms with Gasteiger partial charge in [-0.1, -0.05) is 12.1 Å². The Morgan fingerprint density at radius 3 is 2.29 bits per heavy atom. The third kappa shape index (κ3) is 3.61. The minimum absolute atomic E-state index is 0.330. The van der Waals surface area contributed by atoms with Gasteiger partial charge in [-0.15, -0.1) is 0 Å². The van der Waals surface area contributed by atoms with Crippen LogP contribution < -0.4 is 16.4 Å². The molecule has 0 amide bonds. The highest BCUT2D eigenvalue weighted by Gasteiger charge is 2.28. The van der Waals surface area contributed by atoms with Crippen molar-refractivity contribution in [1.29, 1.82) is 0 Å². The second kappa shape index (κ2) is 8.23. The maximum Gasteiger partial charge on any atom is 0.180 e. The van der Waals surface area contributed by atoms with Gasteiger partial charge in [-0.2, -0.15) is 0 Å². The minimum atomic E-state index is 0.330. The molecule has 0 spiro atoms. The zero-order valence-corrected chi connectivity index (χ0v) is 19.1. The molecule has 0 unspecified atom stereocenters. The normalized spacial score (nSPS) is 17.3. The summed E-state index contributed by atoms with van der Waals surface area (Å²) in [6.07, 6.45) is 5.35. The summed E-state index contributed by atoms with van der Waals surface area (Å²) in [6.45, 7) is 7.77. The number of aromatic nitrogens is 5. The monoisotopic (exact) mass is 457 g/mol. The minimum Gasteiger partial charge on any atom is -0.382 e. The number of piperazine rings is 1. The summed E-state index contributed by atoms with van der Waals surface area (Å²) in [4.78, 5) is 22.7. The van der Waals surface area contributed by atoms with Crippen molar-refractivity contribution in [2.75, 3.05) is 55.8 Å². The van der Waals surface area contributed by atoms with Crippen LogP contribution in [-0.2, 0) is 4.74 Å². The number of hydrogen-bond acceptors (Lipinski definition) is 9. The van der Waals surface area contributed by atoms with Gasteiger partial charge in [0.1, 0.15) is 17.2 Å². The van der Waals surface area contributed by atoms with Crippen LogP contribution in [0.1, 0.15) is 5.69 Å². The highest BCUT2D eigenvalue weighted by Crippen LogP contribution is 2.28. The molecule has 0 bridgehead atoms. The van der Waals surface area contributed by atoms with Crippen LogP contribution in [0, 0.1) is 6.92 Å². The summed E-state index contributed by atoms with van der Waals surface area (Å²) in [5.74, 6) is 0.706. The maximum atomic E-state index is 6.23. The Kier molecular flexibility index (Phi) is 5.04. The van der Waals surface area contributed by atoms with E-state index in [0.29, 0.717) is 40.4 Å². The Labute approximate surface area is 197 Å². The van der Waals surface area contributed by atoms with Gasteiger partial charge >= 0.3 is 0 Å². The van der Waals surface area contributed by atoms with Crippen molar-refractivity contribution >= 4 is 23.0 Å². The maximum absolute atomic E-state index is 6.23. The molecule has 10 heteroatoms. The number of hydrogen-bond donors (Lipinski definition) is 2. The van der Waals surface area contributed by atoms with Crippen molar-refractivity contribution in [2.45, 2.75) is 13.0 Å². The summed E-state index contributed by atoms with van der Waals surface area (Å²) in [6, 6.07) is 9.22. The first-order chi connectivity index (χ1) is 16.6. The smallest absolute Gasteiger partial charge is 0.180 e. The molecule has 34 heavy (non-hydrogen) atoms. The second-order valence-electron chi connectivity index (χ2n) is 8.84. The Morgan fingerprint density at radius 1 is 0.882 bits per heavy atom. The number of ether oxygens (including phenoxy) is 1. The van der Waals surface area contributed by atoms with Crippen LogP contribution in [0.5, 0.6) is 0 Å². The van der Waals surface area contributed by atoms with Crippen LogP contribution in [0.2, 0.25) is 0 Å². The number of aryl methyl sites for hydroxylation is 1. The van der Waals surface area contributed by atoms with Gasteiger partial charge in [-0.25, -0.2) is 15.0 Å². The third-order valence-corrected chi connectivity index (χ3v) is 6.75. The van der Waals surface area contributed by atoms with E-state index >= 15 is 0 Å². The first-order valence-corrected chi connectivity index (χ1v) is 11.5. The number of anilines is 3. The SMILES string of the molecule is Cc1ncc(-c2cn3c(-c4ccc(N5CCN(C6COC6)CC5)cc4)cnc3c(N)n2)nc1N. The van der Waals surface area contributed by atoms with Gasteiger partial charge in [-0.3, -0.25) is 14.3 Å². The van der Waals surface area contributed by atoms with E-state index in [2.05, 4.69) is 54.0 Å². The van der Waals surface area contributed by atoms with Crippen molar-refractivity contribution in [2.24, 2.45) is 0 Å². The molecule has 2 aliphatic heterocycles. The van der Waals surface area contributed by atoms with Crippen LogP contribution in [-0.4, -0.2) is 74.7 Å². The fourth-order valence-corrected chi connectivity index (χ4v) is 4.56. The van der Waals surface area contributed by atoms with Gasteiger partial charge < -0.3 is 21.1 Å². The Bertz CT molecular complexity index is 1340. The highest BCUT2D eigenvalue weighted by molar-refractivity contribution is 5.73. The summed E-state index contributed by atoms with van der Waals surface area (Å²) >= 11 is 0. The summed E-state index contributed by atoms with van der Waals surface area (Å²) in [5, 5.41) is 0. The average molecular weight is 458 g/mol. The predicted octanol–water partition coefficient (Wildman–Crippen LogP) is 1.85. The first-order valence-electron chi connectivity index (χ1n) is 11.5. The molecule has 2 aliphatic rings. The molecule has 3 aromatic heterocycles. The molecular formula is C24H27N9O. The zero-order chi connectivity index (χ0) is 23.2. The number of nitrogens with two attached hydrogens (primary N) is 2. The largest absolute Gasteiger partial charge is 0.382 e. The lowest BCUT2D eigenvalue weighted by molar-refractivity contribution is -0.0660. The molecule has 4 N–H and O–H groups in total. The number of nitrogens with zero attached hydrogens (tertiary/aromatic N) is 7. The molecule has 0 aliphatic carbocycles. The molecule has 6 rings (SSSR count). The molecule has 2 saturated heterocycles. The topological polar surface area (TPSA) is 124 Å². The fourth-order valence-electron chi connectivity index (χ4n) is 4.56. The average Bonchev–Trinajstić information content (AvgIpc) is 3.25. The van der Waals surface area contributed by atoms with E-state index < -0.39 is 0 Å². The van der Waals surface area contributed by atoms with Crippen LogP contribution >= 0.6 is 0 Å². The molecule has 2 fully saturated rings. The number of nitrogen functional groups attached to an aromatic ring is 2. The molecular weight excluding hydrogens is 430 g/mol. The first kappa shape index (κ1) is 20.8. The highest BCUT2D eigenvalue weighted by atomic mass is 16.5. The summed E-state index contributed by atoms with van der Waals surface area (Å²) in [7, 11) is 0. The molecule has 0 radical (unpaired) electrons. The van der Waals surface area contributed by atoms with Crippen LogP contribution in [0.25, 0.3) is 28.3 Å².